The van der Waals surface area contributed by atoms with Crippen LogP contribution in [0.3, 0.4) is 0 Å². The van der Waals surface area contributed by atoms with Crippen LogP contribution in [0.5, 0.6) is 0 Å². The summed E-state index contributed by atoms with van der Waals surface area (Å²) in [7, 11) is 0. The van der Waals surface area contributed by atoms with E-state index in [9.17, 15) is 9.59 Å². The van der Waals surface area contributed by atoms with E-state index < -0.39 is 23.9 Å². The summed E-state index contributed by atoms with van der Waals surface area (Å²) >= 11 is 0. The van der Waals surface area contributed by atoms with E-state index in [4.69, 9.17) is 15.3 Å². The van der Waals surface area contributed by atoms with Crippen molar-refractivity contribution in [3.8, 4) is 0 Å². The van der Waals surface area contributed by atoms with E-state index >= 15 is 0 Å². The zero-order chi connectivity index (χ0) is 9.30. The van der Waals surface area contributed by atoms with Crippen LogP contribution in [-0.4, -0.2) is 36.4 Å². The van der Waals surface area contributed by atoms with Gasteiger partial charge in [0.25, 0.3) is 0 Å². The summed E-state index contributed by atoms with van der Waals surface area (Å²) in [5.74, 6) is 0. The van der Waals surface area contributed by atoms with Gasteiger partial charge in [-0.1, -0.05) is 0 Å². The summed E-state index contributed by atoms with van der Waals surface area (Å²) in [5, 5.41) is 27.5. The fourth-order valence-corrected chi connectivity index (χ4v) is 0.665. The summed E-state index contributed by atoms with van der Waals surface area (Å²) in [6.07, 6.45) is -4.01. The normalized spacial score (nSPS) is 13.7. The molecule has 0 saturated carbocycles. The van der Waals surface area contributed by atoms with Gasteiger partial charge in [-0.25, -0.2) is 14.7 Å². The van der Waals surface area contributed by atoms with E-state index in [1.54, 1.807) is 4.98 Å². The quantitative estimate of drug-likeness (QED) is 0.301. The number of aromatic nitrogens is 3. The lowest BCUT2D eigenvalue weighted by atomic mass is 10.5. The number of nitrogens with one attached hydrogen (secondary N) is 2. The Morgan fingerprint density at radius 1 is 1.25 bits per heavy atom. The molecule has 1 unspecified atom stereocenters. The molecule has 1 aromatic heterocycles. The standard InChI is InChI=1S/C4H7N3O5/c8-1(2(9)10)7-4(12)5-3(11)6-7/h1-2,8-10H,(H2,5,6,11,12). The summed E-state index contributed by atoms with van der Waals surface area (Å²) in [5.41, 5.74) is -1.78. The van der Waals surface area contributed by atoms with Gasteiger partial charge >= 0.3 is 11.4 Å². The molecular formula is C4H7N3O5. The molecule has 0 saturated heterocycles. The molecule has 0 spiro atoms. The van der Waals surface area contributed by atoms with Crippen molar-refractivity contribution in [1.29, 1.82) is 0 Å². The lowest BCUT2D eigenvalue weighted by molar-refractivity contribution is -0.157. The maximum Gasteiger partial charge on any atom is 0.346 e. The molecule has 0 aliphatic rings. The van der Waals surface area contributed by atoms with Crippen LogP contribution < -0.4 is 11.4 Å². The first-order chi connectivity index (χ1) is 5.52. The van der Waals surface area contributed by atoms with Crippen molar-refractivity contribution in [2.45, 2.75) is 12.5 Å². The van der Waals surface area contributed by atoms with E-state index in [-0.39, 0.29) is 0 Å². The predicted octanol–water partition coefficient (Wildman–Crippen LogP) is -3.33. The van der Waals surface area contributed by atoms with Gasteiger partial charge in [0.05, 0.1) is 0 Å². The maximum atomic E-state index is 10.7. The van der Waals surface area contributed by atoms with Crippen molar-refractivity contribution in [2.75, 3.05) is 0 Å². The third-order valence-electron chi connectivity index (χ3n) is 1.19. The van der Waals surface area contributed by atoms with Gasteiger partial charge in [-0.05, 0) is 0 Å². The Morgan fingerprint density at radius 3 is 2.17 bits per heavy atom. The minimum absolute atomic E-state index is 0.368. The molecule has 0 aliphatic carbocycles. The number of hydrogen-bond acceptors (Lipinski definition) is 5. The van der Waals surface area contributed by atoms with Crippen molar-refractivity contribution in [3.63, 3.8) is 0 Å². The topological polar surface area (TPSA) is 131 Å². The van der Waals surface area contributed by atoms with Crippen LogP contribution in [0.15, 0.2) is 9.59 Å². The van der Waals surface area contributed by atoms with Gasteiger partial charge in [0, 0.05) is 0 Å². The van der Waals surface area contributed by atoms with E-state index in [2.05, 4.69) is 0 Å². The van der Waals surface area contributed by atoms with Crippen molar-refractivity contribution in [1.82, 2.24) is 14.8 Å². The third-order valence-corrected chi connectivity index (χ3v) is 1.19. The highest BCUT2D eigenvalue weighted by Crippen LogP contribution is 1.97. The molecule has 8 nitrogen and oxygen atoms in total. The Balaban J connectivity index is 3.11. The fraction of sp³-hybridized carbons (Fsp3) is 0.500. The molecule has 1 aromatic rings. The Hall–Kier alpha value is -1.38. The van der Waals surface area contributed by atoms with E-state index in [1.165, 1.54) is 0 Å². The Bertz CT molecular complexity index is 359. The zero-order valence-corrected chi connectivity index (χ0v) is 5.76. The Morgan fingerprint density at radius 2 is 1.83 bits per heavy atom. The maximum absolute atomic E-state index is 10.7. The molecule has 8 heteroatoms. The summed E-state index contributed by atoms with van der Waals surface area (Å²) in [6.45, 7) is 0. The van der Waals surface area contributed by atoms with Crippen LogP contribution in [0.25, 0.3) is 0 Å². The van der Waals surface area contributed by atoms with Crippen LogP contribution in [0.2, 0.25) is 0 Å². The predicted molar refractivity (Wildman–Crippen MR) is 35.2 cm³/mol. The fourth-order valence-electron chi connectivity index (χ4n) is 0.665. The lowest BCUT2D eigenvalue weighted by Gasteiger charge is -2.10. The number of aromatic amines is 2. The molecular weight excluding hydrogens is 170 g/mol. The third kappa shape index (κ3) is 1.44. The van der Waals surface area contributed by atoms with Crippen molar-refractivity contribution < 1.29 is 15.3 Å². The molecule has 1 heterocycles. The van der Waals surface area contributed by atoms with Crippen molar-refractivity contribution >= 4 is 0 Å². The second-order valence-corrected chi connectivity index (χ2v) is 2.07. The first-order valence-electron chi connectivity index (χ1n) is 2.97. The zero-order valence-electron chi connectivity index (χ0n) is 5.76. The molecule has 0 aliphatic heterocycles. The number of aliphatic hydroxyl groups excluding tert-OH is 2. The molecule has 1 atom stereocenters. The van der Waals surface area contributed by atoms with Crippen LogP contribution in [-0.2, 0) is 0 Å². The molecule has 0 radical (unpaired) electrons. The van der Waals surface area contributed by atoms with Crippen LogP contribution in [0.4, 0.5) is 0 Å². The van der Waals surface area contributed by atoms with Crippen LogP contribution >= 0.6 is 0 Å². The number of nitrogens with zero attached hydrogens (tertiary/aromatic N) is 1. The molecule has 1 rings (SSSR count). The van der Waals surface area contributed by atoms with Gasteiger partial charge in [0.15, 0.2) is 6.29 Å². The number of hydrogen-bond donors (Lipinski definition) is 5. The number of rotatable bonds is 2. The van der Waals surface area contributed by atoms with Gasteiger partial charge in [0.1, 0.15) is 0 Å². The number of H-pyrrole nitrogens is 2. The van der Waals surface area contributed by atoms with Gasteiger partial charge in [0.2, 0.25) is 6.23 Å². The van der Waals surface area contributed by atoms with Crippen molar-refractivity contribution in [3.05, 3.63) is 21.0 Å². The van der Waals surface area contributed by atoms with E-state index in [0.29, 0.717) is 4.68 Å². The average molecular weight is 177 g/mol. The van der Waals surface area contributed by atoms with E-state index in [1.807, 2.05) is 5.10 Å². The second kappa shape index (κ2) is 2.93. The first kappa shape index (κ1) is 8.71. The van der Waals surface area contributed by atoms with Gasteiger partial charge in [-0.2, -0.15) is 4.68 Å². The van der Waals surface area contributed by atoms with Gasteiger partial charge in [-0.3, -0.25) is 4.98 Å². The van der Waals surface area contributed by atoms with Gasteiger partial charge in [-0.15, -0.1) is 0 Å². The highest BCUT2D eigenvalue weighted by Gasteiger charge is 2.17. The Kier molecular flexibility index (Phi) is 2.13. The first-order valence-corrected chi connectivity index (χ1v) is 2.97. The molecule has 5 N–H and O–H groups in total. The minimum atomic E-state index is -2.13. The minimum Gasteiger partial charge on any atom is -0.367 e. The second-order valence-electron chi connectivity index (χ2n) is 2.07. The monoisotopic (exact) mass is 177 g/mol. The summed E-state index contributed by atoms with van der Waals surface area (Å²) < 4.78 is 0.368. The summed E-state index contributed by atoms with van der Waals surface area (Å²) in [4.78, 5) is 22.9. The largest absolute Gasteiger partial charge is 0.367 e. The molecule has 0 bridgehead atoms. The average Bonchev–Trinajstić information content (AvgIpc) is 2.28. The van der Waals surface area contributed by atoms with Crippen molar-refractivity contribution in [2.24, 2.45) is 0 Å². The number of aliphatic hydroxyl groups is 3. The van der Waals surface area contributed by atoms with Crippen LogP contribution in [0, 0.1) is 0 Å². The molecule has 0 fully saturated rings. The smallest absolute Gasteiger partial charge is 0.346 e. The lowest BCUT2D eigenvalue weighted by Crippen LogP contribution is -2.31. The van der Waals surface area contributed by atoms with Gasteiger partial charge < -0.3 is 15.3 Å². The highest BCUT2D eigenvalue weighted by atomic mass is 16.5. The molecule has 68 valence electrons. The van der Waals surface area contributed by atoms with E-state index in [0.717, 1.165) is 0 Å². The summed E-state index contributed by atoms with van der Waals surface area (Å²) in [6, 6.07) is 0. The SMILES string of the molecule is O=c1[nH]c(=O)n(C(O)C(O)O)[nH]1. The Labute approximate surface area is 64.7 Å². The molecule has 12 heavy (non-hydrogen) atoms. The van der Waals surface area contributed by atoms with Crippen LogP contribution in [0.1, 0.15) is 6.23 Å². The molecule has 0 amide bonds. The molecule has 0 aromatic carbocycles. The highest BCUT2D eigenvalue weighted by molar-refractivity contribution is 4.65.